The summed E-state index contributed by atoms with van der Waals surface area (Å²) in [7, 11) is -4.41. The Morgan fingerprint density at radius 1 is 0.638 bits per heavy atom. The van der Waals surface area contributed by atoms with Crippen LogP contribution in [0.5, 0.6) is 0 Å². The van der Waals surface area contributed by atoms with Gasteiger partial charge >= 0.3 is 13.8 Å². The van der Waals surface area contributed by atoms with E-state index in [9.17, 15) is 24.2 Å². The van der Waals surface area contributed by atoms with Crippen LogP contribution in [0.3, 0.4) is 0 Å². The second kappa shape index (κ2) is 34.4. The lowest BCUT2D eigenvalue weighted by Gasteiger charge is -2.15. The minimum absolute atomic E-state index is 0.0775. The number of allylic oxidation sites excluding steroid dienone is 4. The standard InChI is InChI=1S/C37H70NO8P/c1-3-5-7-9-11-13-15-16-17-18-20-21-23-25-27-29-36(40)38-31-32-45-47(42,43)46-34-35(39)33-44-37(41)30-28-26-24-22-19-14-12-10-8-6-4-2/h10,12,16-17,35,39H,3-9,11,13-15,18-34H2,1-2H3,(H,38,40)(H,42,43)/b12-10-,17-16-. The largest absolute Gasteiger partial charge is 0.472 e. The van der Waals surface area contributed by atoms with E-state index < -0.39 is 26.5 Å². The number of nitrogens with one attached hydrogen (secondary N) is 1. The molecule has 0 heterocycles. The van der Waals surface area contributed by atoms with Gasteiger partial charge in [-0.3, -0.25) is 18.6 Å². The highest BCUT2D eigenvalue weighted by Gasteiger charge is 2.23. The molecule has 0 radical (unpaired) electrons. The van der Waals surface area contributed by atoms with Crippen molar-refractivity contribution < 1.29 is 37.9 Å². The molecule has 3 N–H and O–H groups in total. The van der Waals surface area contributed by atoms with Gasteiger partial charge in [-0.1, -0.05) is 122 Å². The molecule has 276 valence electrons. The lowest BCUT2D eigenvalue weighted by atomic mass is 10.1. The minimum atomic E-state index is -4.41. The van der Waals surface area contributed by atoms with Crippen LogP contribution in [0.25, 0.3) is 0 Å². The van der Waals surface area contributed by atoms with E-state index in [1.54, 1.807) is 0 Å². The predicted octanol–water partition coefficient (Wildman–Crippen LogP) is 9.65. The van der Waals surface area contributed by atoms with Crippen molar-refractivity contribution in [1.82, 2.24) is 5.32 Å². The maximum atomic E-state index is 12.0. The number of rotatable bonds is 35. The number of hydrogen-bond donors (Lipinski definition) is 3. The van der Waals surface area contributed by atoms with Crippen LogP contribution in [0.2, 0.25) is 0 Å². The number of phosphoric ester groups is 1. The highest BCUT2D eigenvalue weighted by atomic mass is 31.2. The SMILES string of the molecule is CCCC/C=C\CCCCCCCC(=O)OCC(O)COP(=O)(O)OCCNC(=O)CCCCCCC/C=C\CCCCCCCC. The summed E-state index contributed by atoms with van der Waals surface area (Å²) < 4.78 is 26.7. The fraction of sp³-hybridized carbons (Fsp3) is 0.838. The Hall–Kier alpha value is -1.51. The van der Waals surface area contributed by atoms with Crippen LogP contribution in [0.1, 0.15) is 168 Å². The zero-order valence-corrected chi connectivity index (χ0v) is 30.9. The average molecular weight is 688 g/mol. The van der Waals surface area contributed by atoms with E-state index in [4.69, 9.17) is 13.8 Å². The molecule has 0 bridgehead atoms. The molecule has 0 aromatic rings. The summed E-state index contributed by atoms with van der Waals surface area (Å²) in [6.07, 6.45) is 33.9. The van der Waals surface area contributed by atoms with Gasteiger partial charge < -0.3 is 20.1 Å². The van der Waals surface area contributed by atoms with Gasteiger partial charge in [0, 0.05) is 19.4 Å². The highest BCUT2D eigenvalue weighted by Crippen LogP contribution is 2.42. The number of ether oxygens (including phenoxy) is 1. The maximum Gasteiger partial charge on any atom is 0.472 e. The van der Waals surface area contributed by atoms with Gasteiger partial charge in [0.25, 0.3) is 0 Å². The fourth-order valence-corrected chi connectivity index (χ4v) is 5.70. The van der Waals surface area contributed by atoms with Crippen molar-refractivity contribution >= 4 is 19.7 Å². The summed E-state index contributed by atoms with van der Waals surface area (Å²) in [4.78, 5) is 33.7. The smallest absolute Gasteiger partial charge is 0.463 e. The normalized spacial score (nSPS) is 13.7. The van der Waals surface area contributed by atoms with Crippen LogP contribution in [-0.4, -0.2) is 54.3 Å². The van der Waals surface area contributed by atoms with Crippen molar-refractivity contribution in [2.75, 3.05) is 26.4 Å². The van der Waals surface area contributed by atoms with Crippen molar-refractivity contribution in [2.45, 2.75) is 174 Å². The van der Waals surface area contributed by atoms with Crippen molar-refractivity contribution in [1.29, 1.82) is 0 Å². The summed E-state index contributed by atoms with van der Waals surface area (Å²) >= 11 is 0. The molecule has 1 amide bonds. The summed E-state index contributed by atoms with van der Waals surface area (Å²) in [6.45, 7) is 3.47. The Morgan fingerprint density at radius 2 is 1.11 bits per heavy atom. The van der Waals surface area contributed by atoms with Gasteiger partial charge in [-0.05, 0) is 57.8 Å². The second-order valence-corrected chi connectivity index (χ2v) is 14.0. The van der Waals surface area contributed by atoms with Gasteiger partial charge in [0.1, 0.15) is 12.7 Å². The first-order valence-electron chi connectivity index (χ1n) is 18.8. The molecule has 0 saturated carbocycles. The Kier molecular flexibility index (Phi) is 33.3. The molecule has 47 heavy (non-hydrogen) atoms. The molecule has 0 fully saturated rings. The first kappa shape index (κ1) is 45.5. The van der Waals surface area contributed by atoms with Crippen LogP contribution in [0, 0.1) is 0 Å². The molecule has 2 unspecified atom stereocenters. The molecule has 2 atom stereocenters. The summed E-state index contributed by atoms with van der Waals surface area (Å²) in [5.41, 5.74) is 0. The first-order valence-corrected chi connectivity index (χ1v) is 20.3. The number of esters is 1. The molecule has 0 aromatic carbocycles. The van der Waals surface area contributed by atoms with Crippen LogP contribution >= 0.6 is 7.82 Å². The van der Waals surface area contributed by atoms with E-state index in [-0.39, 0.29) is 32.1 Å². The van der Waals surface area contributed by atoms with Crippen molar-refractivity contribution in [3.63, 3.8) is 0 Å². The Balaban J connectivity index is 3.64. The van der Waals surface area contributed by atoms with Crippen molar-refractivity contribution in [3.05, 3.63) is 24.3 Å². The maximum absolute atomic E-state index is 12.0. The number of unbranched alkanes of at least 4 members (excludes halogenated alkanes) is 18. The molecule has 10 heteroatoms. The minimum Gasteiger partial charge on any atom is -0.463 e. The van der Waals surface area contributed by atoms with E-state index in [2.05, 4.69) is 43.5 Å². The summed E-state index contributed by atoms with van der Waals surface area (Å²) in [6, 6.07) is 0. The first-order chi connectivity index (χ1) is 22.8. The molecule has 9 nitrogen and oxygen atoms in total. The molecular weight excluding hydrogens is 617 g/mol. The summed E-state index contributed by atoms with van der Waals surface area (Å²) in [5.74, 6) is -0.536. The third-order valence-corrected chi connectivity index (χ3v) is 8.84. The van der Waals surface area contributed by atoms with Gasteiger partial charge in [0.05, 0.1) is 13.2 Å². The number of aliphatic hydroxyl groups is 1. The molecule has 0 rings (SSSR count). The molecule has 0 saturated heterocycles. The van der Waals surface area contributed by atoms with Gasteiger partial charge in [-0.25, -0.2) is 4.57 Å². The van der Waals surface area contributed by atoms with E-state index in [0.717, 1.165) is 77.0 Å². The van der Waals surface area contributed by atoms with Crippen molar-refractivity contribution in [3.8, 4) is 0 Å². The Bertz CT molecular complexity index is 835. The van der Waals surface area contributed by atoms with Crippen LogP contribution in [-0.2, 0) is 27.9 Å². The van der Waals surface area contributed by atoms with E-state index in [0.29, 0.717) is 6.42 Å². The van der Waals surface area contributed by atoms with E-state index in [1.165, 1.54) is 64.2 Å². The number of carbonyl (C=O) groups is 2. The number of amides is 1. The van der Waals surface area contributed by atoms with E-state index in [1.807, 2.05) is 0 Å². The zero-order valence-electron chi connectivity index (χ0n) is 30.0. The monoisotopic (exact) mass is 687 g/mol. The lowest BCUT2D eigenvalue weighted by Crippen LogP contribution is -2.27. The fourth-order valence-electron chi connectivity index (χ4n) is 4.94. The molecule has 0 aliphatic heterocycles. The Morgan fingerprint density at radius 3 is 1.66 bits per heavy atom. The number of phosphoric acid groups is 1. The number of hydrogen-bond acceptors (Lipinski definition) is 7. The third-order valence-electron chi connectivity index (χ3n) is 7.85. The summed E-state index contributed by atoms with van der Waals surface area (Å²) in [5, 5.41) is 12.6. The van der Waals surface area contributed by atoms with Crippen LogP contribution < -0.4 is 5.32 Å². The van der Waals surface area contributed by atoms with Gasteiger partial charge in [-0.15, -0.1) is 0 Å². The van der Waals surface area contributed by atoms with Gasteiger partial charge in [0.15, 0.2) is 0 Å². The molecule has 0 aliphatic carbocycles. The predicted molar refractivity (Wildman–Crippen MR) is 192 cm³/mol. The van der Waals surface area contributed by atoms with Crippen LogP contribution in [0.4, 0.5) is 0 Å². The van der Waals surface area contributed by atoms with Gasteiger partial charge in [-0.2, -0.15) is 0 Å². The topological polar surface area (TPSA) is 131 Å². The molecule has 0 spiro atoms. The second-order valence-electron chi connectivity index (χ2n) is 12.5. The number of carbonyl (C=O) groups excluding carboxylic acids is 2. The average Bonchev–Trinajstić information content (AvgIpc) is 3.05. The molecule has 0 aliphatic rings. The number of aliphatic hydroxyl groups excluding tert-OH is 1. The van der Waals surface area contributed by atoms with Gasteiger partial charge in [0.2, 0.25) is 5.91 Å². The van der Waals surface area contributed by atoms with Crippen LogP contribution in [0.15, 0.2) is 24.3 Å². The molecule has 0 aromatic heterocycles. The zero-order chi connectivity index (χ0) is 34.7. The Labute approximate surface area is 287 Å². The third kappa shape index (κ3) is 35.6. The van der Waals surface area contributed by atoms with Crippen molar-refractivity contribution in [2.24, 2.45) is 0 Å². The highest BCUT2D eigenvalue weighted by molar-refractivity contribution is 7.47. The molecular formula is C37H70NO8P. The van der Waals surface area contributed by atoms with E-state index >= 15 is 0 Å². The lowest BCUT2D eigenvalue weighted by molar-refractivity contribution is -0.147. The quantitative estimate of drug-likeness (QED) is 0.0260.